The molecule has 0 aliphatic heterocycles. The fraction of sp³-hybridized carbons (Fsp3) is 0.263. The molecule has 132 valence electrons. The van der Waals surface area contributed by atoms with Gasteiger partial charge in [-0.25, -0.2) is 0 Å². The highest BCUT2D eigenvalue weighted by molar-refractivity contribution is 8.00. The lowest BCUT2D eigenvalue weighted by Crippen LogP contribution is -2.25. The molecule has 0 fully saturated rings. The topological polar surface area (TPSA) is 67.4 Å². The van der Waals surface area contributed by atoms with Gasteiger partial charge in [-0.3, -0.25) is 9.59 Å². The molecule has 0 saturated heterocycles. The summed E-state index contributed by atoms with van der Waals surface area (Å²) in [5.74, 6) is 1.06. The van der Waals surface area contributed by atoms with Crippen LogP contribution < -0.4 is 15.4 Å². The van der Waals surface area contributed by atoms with Gasteiger partial charge in [-0.15, -0.1) is 11.8 Å². The van der Waals surface area contributed by atoms with Crippen molar-refractivity contribution in [2.45, 2.75) is 13.5 Å². The molecule has 0 unspecified atom stereocenters. The number of aryl methyl sites for hydroxylation is 1. The number of carbonyl (C=O) groups is 2. The van der Waals surface area contributed by atoms with Crippen LogP contribution in [0.2, 0.25) is 0 Å². The van der Waals surface area contributed by atoms with Crippen molar-refractivity contribution in [3.8, 4) is 5.75 Å². The van der Waals surface area contributed by atoms with Gasteiger partial charge < -0.3 is 15.4 Å². The van der Waals surface area contributed by atoms with E-state index in [4.69, 9.17) is 4.74 Å². The van der Waals surface area contributed by atoms with E-state index in [-0.39, 0.29) is 23.3 Å². The van der Waals surface area contributed by atoms with Crippen LogP contribution in [-0.4, -0.2) is 30.4 Å². The van der Waals surface area contributed by atoms with Crippen molar-refractivity contribution in [3.63, 3.8) is 0 Å². The molecule has 0 atom stereocenters. The summed E-state index contributed by atoms with van der Waals surface area (Å²) in [4.78, 5) is 23.7. The van der Waals surface area contributed by atoms with Crippen molar-refractivity contribution >= 4 is 29.3 Å². The minimum absolute atomic E-state index is 0.0934. The summed E-state index contributed by atoms with van der Waals surface area (Å²) in [6.07, 6.45) is 0. The monoisotopic (exact) mass is 358 g/mol. The Kier molecular flexibility index (Phi) is 7.35. The van der Waals surface area contributed by atoms with Gasteiger partial charge in [0, 0.05) is 12.2 Å². The van der Waals surface area contributed by atoms with Crippen LogP contribution in [0.25, 0.3) is 0 Å². The Morgan fingerprint density at radius 2 is 1.76 bits per heavy atom. The van der Waals surface area contributed by atoms with Gasteiger partial charge in [0.15, 0.2) is 0 Å². The highest BCUT2D eigenvalue weighted by atomic mass is 32.2. The molecule has 2 rings (SSSR count). The normalized spacial score (nSPS) is 10.2. The van der Waals surface area contributed by atoms with Crippen LogP contribution >= 0.6 is 11.8 Å². The Labute approximate surface area is 152 Å². The third-order valence-electron chi connectivity index (χ3n) is 3.42. The standard InChI is InChI=1S/C19H22N2O3S/c1-14-4-3-5-16(10-14)21-19(23)13-25-12-18(22)20-11-15-6-8-17(24-2)9-7-15/h3-10H,11-13H2,1-2H3,(H,20,22)(H,21,23). The van der Waals surface area contributed by atoms with Gasteiger partial charge >= 0.3 is 0 Å². The lowest BCUT2D eigenvalue weighted by molar-refractivity contribution is -0.118. The van der Waals surface area contributed by atoms with Crippen LogP contribution in [0.5, 0.6) is 5.75 Å². The molecule has 0 aromatic heterocycles. The highest BCUT2D eigenvalue weighted by Crippen LogP contribution is 2.12. The maximum absolute atomic E-state index is 11.9. The van der Waals surface area contributed by atoms with Gasteiger partial charge in [-0.2, -0.15) is 0 Å². The number of anilines is 1. The van der Waals surface area contributed by atoms with Gasteiger partial charge in [-0.1, -0.05) is 24.3 Å². The molecule has 0 radical (unpaired) electrons. The number of carbonyl (C=O) groups excluding carboxylic acids is 2. The summed E-state index contributed by atoms with van der Waals surface area (Å²) in [5, 5.41) is 5.66. The van der Waals surface area contributed by atoms with E-state index >= 15 is 0 Å². The summed E-state index contributed by atoms with van der Waals surface area (Å²) in [7, 11) is 1.61. The van der Waals surface area contributed by atoms with Crippen molar-refractivity contribution in [2.75, 3.05) is 23.9 Å². The van der Waals surface area contributed by atoms with E-state index in [9.17, 15) is 9.59 Å². The first-order chi connectivity index (χ1) is 12.1. The Hall–Kier alpha value is -2.47. The molecule has 0 aliphatic rings. The number of methoxy groups -OCH3 is 1. The second-order valence-corrected chi connectivity index (χ2v) is 6.52. The molecule has 0 saturated carbocycles. The molecular formula is C19H22N2O3S. The van der Waals surface area contributed by atoms with Gasteiger partial charge in [0.2, 0.25) is 11.8 Å². The third kappa shape index (κ3) is 6.89. The largest absolute Gasteiger partial charge is 0.497 e. The lowest BCUT2D eigenvalue weighted by Gasteiger charge is -2.07. The Balaban J connectivity index is 1.65. The summed E-state index contributed by atoms with van der Waals surface area (Å²) < 4.78 is 5.09. The molecule has 5 nitrogen and oxygen atoms in total. The molecule has 25 heavy (non-hydrogen) atoms. The summed E-state index contributed by atoms with van der Waals surface area (Å²) in [6.45, 7) is 2.43. The molecule has 2 aromatic rings. The molecule has 2 N–H and O–H groups in total. The van der Waals surface area contributed by atoms with Crippen LogP contribution in [0.1, 0.15) is 11.1 Å². The molecule has 0 spiro atoms. The SMILES string of the molecule is COc1ccc(CNC(=O)CSCC(=O)Nc2cccc(C)c2)cc1. The molecule has 6 heteroatoms. The molecule has 0 heterocycles. The minimum atomic E-state index is -0.112. The van der Waals surface area contributed by atoms with Crippen molar-refractivity contribution in [1.82, 2.24) is 5.32 Å². The van der Waals surface area contributed by atoms with E-state index in [2.05, 4.69) is 10.6 Å². The number of benzene rings is 2. The molecular weight excluding hydrogens is 336 g/mol. The van der Waals surface area contributed by atoms with Gasteiger partial charge in [0.1, 0.15) is 5.75 Å². The maximum atomic E-state index is 11.9. The fourth-order valence-corrected chi connectivity index (χ4v) is 2.80. The zero-order chi connectivity index (χ0) is 18.1. The number of nitrogens with one attached hydrogen (secondary N) is 2. The lowest BCUT2D eigenvalue weighted by atomic mass is 10.2. The second kappa shape index (κ2) is 9.74. The quantitative estimate of drug-likeness (QED) is 0.761. The number of rotatable bonds is 8. The van der Waals surface area contributed by atoms with E-state index in [1.54, 1.807) is 7.11 Å². The first-order valence-corrected chi connectivity index (χ1v) is 9.06. The summed E-state index contributed by atoms with van der Waals surface area (Å²) in [6, 6.07) is 15.1. The van der Waals surface area contributed by atoms with E-state index in [1.165, 1.54) is 11.8 Å². The van der Waals surface area contributed by atoms with E-state index in [0.29, 0.717) is 6.54 Å². The molecule has 0 bridgehead atoms. The number of amides is 2. The summed E-state index contributed by atoms with van der Waals surface area (Å²) in [5.41, 5.74) is 2.86. The van der Waals surface area contributed by atoms with Gasteiger partial charge in [0.25, 0.3) is 0 Å². The Morgan fingerprint density at radius 1 is 1.04 bits per heavy atom. The van der Waals surface area contributed by atoms with Crippen LogP contribution in [0.4, 0.5) is 5.69 Å². The smallest absolute Gasteiger partial charge is 0.234 e. The van der Waals surface area contributed by atoms with Gasteiger partial charge in [0.05, 0.1) is 18.6 Å². The van der Waals surface area contributed by atoms with Crippen LogP contribution in [0.3, 0.4) is 0 Å². The highest BCUT2D eigenvalue weighted by Gasteiger charge is 2.06. The van der Waals surface area contributed by atoms with Gasteiger partial charge in [-0.05, 0) is 42.3 Å². The first-order valence-electron chi connectivity index (χ1n) is 7.90. The minimum Gasteiger partial charge on any atom is -0.497 e. The number of hydrogen-bond donors (Lipinski definition) is 2. The van der Waals surface area contributed by atoms with E-state index in [1.807, 2.05) is 55.5 Å². The summed E-state index contributed by atoms with van der Waals surface area (Å²) >= 11 is 1.29. The van der Waals surface area contributed by atoms with Crippen molar-refractivity contribution in [2.24, 2.45) is 0 Å². The predicted molar refractivity (Wildman–Crippen MR) is 102 cm³/mol. The number of ether oxygens (including phenoxy) is 1. The zero-order valence-electron chi connectivity index (χ0n) is 14.4. The molecule has 0 aliphatic carbocycles. The van der Waals surface area contributed by atoms with Crippen LogP contribution in [-0.2, 0) is 16.1 Å². The third-order valence-corrected chi connectivity index (χ3v) is 4.35. The van der Waals surface area contributed by atoms with Crippen molar-refractivity contribution < 1.29 is 14.3 Å². The van der Waals surface area contributed by atoms with Crippen LogP contribution in [0, 0.1) is 6.92 Å². The Bertz CT molecular complexity index is 717. The second-order valence-electron chi connectivity index (χ2n) is 5.54. The van der Waals surface area contributed by atoms with E-state index in [0.717, 1.165) is 22.6 Å². The Morgan fingerprint density at radius 3 is 2.44 bits per heavy atom. The number of hydrogen-bond acceptors (Lipinski definition) is 4. The molecule has 2 aromatic carbocycles. The fourth-order valence-electron chi connectivity index (χ4n) is 2.15. The van der Waals surface area contributed by atoms with Crippen molar-refractivity contribution in [3.05, 3.63) is 59.7 Å². The molecule has 2 amide bonds. The predicted octanol–water partition coefficient (Wildman–Crippen LogP) is 2.99. The average molecular weight is 358 g/mol. The number of thioether (sulfide) groups is 1. The first kappa shape index (κ1) is 18.9. The maximum Gasteiger partial charge on any atom is 0.234 e. The van der Waals surface area contributed by atoms with Crippen molar-refractivity contribution in [1.29, 1.82) is 0 Å². The van der Waals surface area contributed by atoms with E-state index < -0.39 is 0 Å². The van der Waals surface area contributed by atoms with Crippen LogP contribution in [0.15, 0.2) is 48.5 Å². The average Bonchev–Trinajstić information content (AvgIpc) is 2.60. The zero-order valence-corrected chi connectivity index (χ0v) is 15.2.